The van der Waals surface area contributed by atoms with Gasteiger partial charge in [-0.15, -0.1) is 0 Å². The second kappa shape index (κ2) is 7.16. The van der Waals surface area contributed by atoms with Gasteiger partial charge in [0, 0.05) is 11.1 Å². The Morgan fingerprint density at radius 2 is 1.71 bits per heavy atom. The van der Waals surface area contributed by atoms with Crippen LogP contribution in [0.1, 0.15) is 22.3 Å². The van der Waals surface area contributed by atoms with E-state index in [1.165, 1.54) is 50.6 Å². The molecule has 3 rings (SSSR count). The van der Waals surface area contributed by atoms with E-state index in [0.29, 0.717) is 16.5 Å². The molecule has 0 aliphatic carbocycles. The molecular formula is C19H17F3N2O4. The molecule has 0 radical (unpaired) electrons. The maximum absolute atomic E-state index is 13.3. The van der Waals surface area contributed by atoms with Crippen molar-refractivity contribution < 1.29 is 32.5 Å². The summed E-state index contributed by atoms with van der Waals surface area (Å²) in [5.41, 5.74) is -3.51. The van der Waals surface area contributed by atoms with Crippen molar-refractivity contribution in [2.75, 3.05) is 14.2 Å². The molecule has 0 saturated carbocycles. The Kier molecular flexibility index (Phi) is 5.03. The molecule has 2 aromatic carbocycles. The quantitative estimate of drug-likeness (QED) is 0.864. The van der Waals surface area contributed by atoms with Crippen molar-refractivity contribution in [3.05, 3.63) is 59.7 Å². The molecule has 1 amide bonds. The fourth-order valence-electron chi connectivity index (χ4n) is 2.89. The van der Waals surface area contributed by atoms with Gasteiger partial charge in [0.2, 0.25) is 0 Å². The smallest absolute Gasteiger partial charge is 0.431 e. The molecule has 0 aromatic heterocycles. The molecule has 28 heavy (non-hydrogen) atoms. The number of aliphatic hydroxyl groups is 1. The summed E-state index contributed by atoms with van der Waals surface area (Å²) < 4.78 is 50.0. The van der Waals surface area contributed by atoms with Gasteiger partial charge in [0.25, 0.3) is 5.91 Å². The van der Waals surface area contributed by atoms with Gasteiger partial charge in [-0.2, -0.15) is 23.3 Å². The van der Waals surface area contributed by atoms with Gasteiger partial charge < -0.3 is 14.6 Å². The lowest BCUT2D eigenvalue weighted by Gasteiger charge is -2.31. The number of carbonyl (C=O) groups is 1. The molecule has 1 aliphatic rings. The molecule has 1 aliphatic heterocycles. The van der Waals surface area contributed by atoms with E-state index in [1.54, 1.807) is 12.1 Å². The molecule has 9 heteroatoms. The highest BCUT2D eigenvalue weighted by molar-refractivity contribution is 6.00. The maximum Gasteiger partial charge on any atom is 0.431 e. The number of hydrogen-bond donors (Lipinski definition) is 1. The molecule has 0 fully saturated rings. The first-order valence-corrected chi connectivity index (χ1v) is 8.19. The molecule has 0 saturated heterocycles. The predicted molar refractivity (Wildman–Crippen MR) is 94.2 cm³/mol. The van der Waals surface area contributed by atoms with Crippen molar-refractivity contribution >= 4 is 11.6 Å². The van der Waals surface area contributed by atoms with Gasteiger partial charge in [-0.3, -0.25) is 4.79 Å². The lowest BCUT2D eigenvalue weighted by atomic mass is 9.96. The van der Waals surface area contributed by atoms with Crippen LogP contribution >= 0.6 is 0 Å². The minimum Gasteiger partial charge on any atom is -0.497 e. The lowest BCUT2D eigenvalue weighted by Crippen LogP contribution is -2.43. The summed E-state index contributed by atoms with van der Waals surface area (Å²) >= 11 is 0. The summed E-state index contributed by atoms with van der Waals surface area (Å²) in [5, 5.41) is 15.0. The topological polar surface area (TPSA) is 71.4 Å². The van der Waals surface area contributed by atoms with Gasteiger partial charge >= 0.3 is 6.18 Å². The molecule has 0 spiro atoms. The number of alkyl halides is 3. The maximum atomic E-state index is 13.3. The van der Waals surface area contributed by atoms with Gasteiger partial charge in [0.1, 0.15) is 17.2 Å². The largest absolute Gasteiger partial charge is 0.497 e. The predicted octanol–water partition coefficient (Wildman–Crippen LogP) is 3.31. The van der Waals surface area contributed by atoms with Gasteiger partial charge in [0.15, 0.2) is 5.72 Å². The number of halogens is 3. The summed E-state index contributed by atoms with van der Waals surface area (Å²) in [6.45, 7) is 0. The zero-order valence-electron chi connectivity index (χ0n) is 15.0. The third kappa shape index (κ3) is 3.53. The van der Waals surface area contributed by atoms with E-state index in [1.807, 2.05) is 0 Å². The highest BCUT2D eigenvalue weighted by Crippen LogP contribution is 2.41. The number of methoxy groups -OCH3 is 2. The Labute approximate surface area is 158 Å². The van der Waals surface area contributed by atoms with Crippen molar-refractivity contribution in [2.45, 2.75) is 18.3 Å². The molecule has 0 bridgehead atoms. The summed E-state index contributed by atoms with van der Waals surface area (Å²) in [5.74, 6) is -0.237. The van der Waals surface area contributed by atoms with E-state index in [4.69, 9.17) is 9.47 Å². The van der Waals surface area contributed by atoms with Gasteiger partial charge in [-0.25, -0.2) is 0 Å². The van der Waals surface area contributed by atoms with E-state index >= 15 is 0 Å². The van der Waals surface area contributed by atoms with Crippen LogP contribution in [0.5, 0.6) is 11.5 Å². The fraction of sp³-hybridized carbons (Fsp3) is 0.263. The van der Waals surface area contributed by atoms with E-state index < -0.39 is 29.9 Å². The van der Waals surface area contributed by atoms with E-state index in [-0.39, 0.29) is 11.1 Å². The number of carbonyl (C=O) groups excluding carboxylic acids is 1. The minimum absolute atomic E-state index is 0.0212. The van der Waals surface area contributed by atoms with Gasteiger partial charge in [0.05, 0.1) is 20.6 Å². The molecular weight excluding hydrogens is 377 g/mol. The van der Waals surface area contributed by atoms with Gasteiger partial charge in [-0.05, 0) is 30.3 Å². The van der Waals surface area contributed by atoms with Crippen LogP contribution in [-0.4, -0.2) is 42.1 Å². The third-order valence-electron chi connectivity index (χ3n) is 4.35. The molecule has 2 aromatic rings. The van der Waals surface area contributed by atoms with E-state index in [9.17, 15) is 23.1 Å². The monoisotopic (exact) mass is 394 g/mol. The van der Waals surface area contributed by atoms with Crippen LogP contribution in [0, 0.1) is 0 Å². The summed E-state index contributed by atoms with van der Waals surface area (Å²) in [7, 11) is 2.78. The number of ether oxygens (including phenoxy) is 2. The molecule has 6 nitrogen and oxygen atoms in total. The van der Waals surface area contributed by atoms with Crippen molar-refractivity contribution in [1.29, 1.82) is 0 Å². The van der Waals surface area contributed by atoms with E-state index in [0.717, 1.165) is 0 Å². The average Bonchev–Trinajstić information content (AvgIpc) is 3.06. The number of hydrogen-bond acceptors (Lipinski definition) is 5. The zero-order valence-corrected chi connectivity index (χ0v) is 15.0. The van der Waals surface area contributed by atoms with Crippen LogP contribution in [0.4, 0.5) is 13.2 Å². The minimum atomic E-state index is -4.80. The first-order valence-electron chi connectivity index (χ1n) is 8.19. The first kappa shape index (κ1) is 19.7. The SMILES string of the molecule is COc1cccc(C(=O)N2N=C(C(F)(F)F)C[C@]2(O)c2cccc(OC)c2)c1. The zero-order chi connectivity index (χ0) is 20.5. The summed E-state index contributed by atoms with van der Waals surface area (Å²) in [4.78, 5) is 12.9. The first-order chi connectivity index (χ1) is 13.2. The standard InChI is InChI=1S/C19H17F3N2O4/c1-27-14-7-3-5-12(9-14)17(25)24-18(26,11-16(23-24)19(20,21)22)13-6-4-8-15(10-13)28-2/h3-10,26H,11H2,1-2H3/t18-/m0/s1. The van der Waals surface area contributed by atoms with Crippen LogP contribution in [0.25, 0.3) is 0 Å². The Balaban J connectivity index is 2.09. The Morgan fingerprint density at radius 3 is 2.32 bits per heavy atom. The second-order valence-electron chi connectivity index (χ2n) is 6.12. The molecule has 1 heterocycles. The van der Waals surface area contributed by atoms with Crippen LogP contribution in [0.15, 0.2) is 53.6 Å². The number of rotatable bonds is 4. The number of amides is 1. The highest BCUT2D eigenvalue weighted by Gasteiger charge is 2.53. The Hall–Kier alpha value is -3.07. The Morgan fingerprint density at radius 1 is 1.11 bits per heavy atom. The normalized spacial score (nSPS) is 19.4. The van der Waals surface area contributed by atoms with Crippen LogP contribution in [0.2, 0.25) is 0 Å². The van der Waals surface area contributed by atoms with Crippen LogP contribution in [0.3, 0.4) is 0 Å². The molecule has 1 N–H and O–H groups in total. The summed E-state index contributed by atoms with van der Waals surface area (Å²) in [6, 6.07) is 11.7. The average molecular weight is 394 g/mol. The van der Waals surface area contributed by atoms with Crippen LogP contribution in [-0.2, 0) is 5.72 Å². The molecule has 0 unspecified atom stereocenters. The van der Waals surface area contributed by atoms with E-state index in [2.05, 4.69) is 5.10 Å². The molecule has 1 atom stereocenters. The second-order valence-corrected chi connectivity index (χ2v) is 6.12. The number of nitrogens with zero attached hydrogens (tertiary/aromatic N) is 2. The number of hydrazone groups is 1. The third-order valence-corrected chi connectivity index (χ3v) is 4.35. The van der Waals surface area contributed by atoms with Gasteiger partial charge in [-0.1, -0.05) is 18.2 Å². The van der Waals surface area contributed by atoms with Crippen molar-refractivity contribution in [3.8, 4) is 11.5 Å². The fourth-order valence-corrected chi connectivity index (χ4v) is 2.89. The van der Waals surface area contributed by atoms with Crippen molar-refractivity contribution in [2.24, 2.45) is 5.10 Å². The highest BCUT2D eigenvalue weighted by atomic mass is 19.4. The van der Waals surface area contributed by atoms with Crippen molar-refractivity contribution in [3.63, 3.8) is 0 Å². The Bertz CT molecular complexity index is 929. The van der Waals surface area contributed by atoms with Crippen LogP contribution < -0.4 is 9.47 Å². The number of benzene rings is 2. The molecule has 148 valence electrons. The summed E-state index contributed by atoms with van der Waals surface area (Å²) in [6.07, 6.45) is -5.70. The lowest BCUT2D eigenvalue weighted by molar-refractivity contribution is -0.0816. The van der Waals surface area contributed by atoms with Crippen molar-refractivity contribution in [1.82, 2.24) is 5.01 Å².